The van der Waals surface area contributed by atoms with E-state index in [1.54, 1.807) is 0 Å². The number of hydrogen-bond acceptors (Lipinski definition) is 0. The van der Waals surface area contributed by atoms with E-state index in [9.17, 15) is 17.3 Å². The molecule has 1 unspecified atom stereocenters. The van der Waals surface area contributed by atoms with Gasteiger partial charge in [-0.25, -0.2) is 0 Å². The molecule has 0 amide bonds. The molecule has 0 aromatic heterocycles. The van der Waals surface area contributed by atoms with Crippen molar-refractivity contribution in [1.29, 1.82) is 0 Å². The summed E-state index contributed by atoms with van der Waals surface area (Å²) in [5.74, 6) is 8.10. The molecule has 0 N–H and O–H groups in total. The van der Waals surface area contributed by atoms with Crippen molar-refractivity contribution < 1.29 is 43.6 Å². The summed E-state index contributed by atoms with van der Waals surface area (Å²) >= 11 is 0. The average molecular weight is 442 g/mol. The van der Waals surface area contributed by atoms with E-state index >= 15 is 0 Å². The summed E-state index contributed by atoms with van der Waals surface area (Å²) in [5.41, 5.74) is 0. The number of halogens is 4. The first-order valence-electron chi connectivity index (χ1n) is 8.24. The Labute approximate surface area is 178 Å². The predicted octanol–water partition coefficient (Wildman–Crippen LogP) is 6.72. The second kappa shape index (κ2) is 19.6. The number of hydrogen-bond donors (Lipinski definition) is 0. The Morgan fingerprint density at radius 2 is 1.14 bits per heavy atom. The smallest absolute Gasteiger partial charge is 0 e. The molecule has 1 fully saturated rings. The molecule has 0 aliphatic heterocycles. The van der Waals surface area contributed by atoms with E-state index in [2.05, 4.69) is 72.7 Å². The fraction of sp³-hybridized carbons (Fsp3) is 0.450. The second-order valence-electron chi connectivity index (χ2n) is 5.90. The van der Waals surface area contributed by atoms with Crippen molar-refractivity contribution in [3.8, 4) is 0 Å². The Kier molecular flexibility index (Phi) is 24.3. The van der Waals surface area contributed by atoms with Crippen molar-refractivity contribution in [2.75, 3.05) is 0 Å². The van der Waals surface area contributed by atoms with Gasteiger partial charge in [0.2, 0.25) is 0 Å². The average Bonchev–Trinajstić information content (AvgIpc) is 2.82. The fourth-order valence-electron chi connectivity index (χ4n) is 2.44. The maximum Gasteiger partial charge on any atom is 0 e. The maximum absolute atomic E-state index is 9.75. The summed E-state index contributed by atoms with van der Waals surface area (Å²) in [6.07, 6.45) is 10.3. The first-order valence-corrected chi connectivity index (χ1v) is 8.24. The van der Waals surface area contributed by atoms with E-state index in [1.807, 2.05) is 0 Å². The summed E-state index contributed by atoms with van der Waals surface area (Å²) in [6, 6.07) is 0. The minimum absolute atomic E-state index is 0. The topological polar surface area (TPSA) is 39.8 Å². The third-order valence-corrected chi connectivity index (χ3v) is 4.46. The van der Waals surface area contributed by atoms with Crippen molar-refractivity contribution >= 4 is 7.25 Å². The van der Waals surface area contributed by atoms with E-state index in [-0.39, 0.29) is 17.1 Å². The maximum atomic E-state index is 9.75. The first kappa shape index (κ1) is 34.7. The molecule has 8 heteroatoms. The summed E-state index contributed by atoms with van der Waals surface area (Å²) in [4.78, 5) is 0. The van der Waals surface area contributed by atoms with Gasteiger partial charge in [0.1, 0.15) is 0 Å². The van der Waals surface area contributed by atoms with Gasteiger partial charge in [0.05, 0.1) is 0 Å². The minimum Gasteiger partial charge on any atom is 0 e. The fourth-order valence-corrected chi connectivity index (χ4v) is 2.44. The monoisotopic (exact) mass is 442 g/mol. The third-order valence-electron chi connectivity index (χ3n) is 4.46. The molecule has 2 aliphatic rings. The van der Waals surface area contributed by atoms with Crippen LogP contribution < -0.4 is 0 Å². The van der Waals surface area contributed by atoms with Crippen LogP contribution in [0.25, 0.3) is 0 Å². The van der Waals surface area contributed by atoms with Gasteiger partial charge in [0.25, 0.3) is 0 Å². The molecule has 159 valence electrons. The first-order chi connectivity index (χ1) is 12.5. The van der Waals surface area contributed by atoms with E-state index in [0.717, 1.165) is 5.92 Å². The molecule has 28 heavy (non-hydrogen) atoms. The quantitative estimate of drug-likeness (QED) is 0.142. The summed E-state index contributed by atoms with van der Waals surface area (Å²) < 4.78 is 54.0. The van der Waals surface area contributed by atoms with Gasteiger partial charge in [-0.05, 0) is 54.8 Å². The van der Waals surface area contributed by atoms with Gasteiger partial charge in [-0.15, -0.1) is 6.58 Å². The van der Waals surface area contributed by atoms with Crippen molar-refractivity contribution in [3.63, 3.8) is 0 Å². The van der Waals surface area contributed by atoms with Crippen LogP contribution in [0, 0.1) is 48.8 Å². The van der Waals surface area contributed by atoms with Crippen LogP contribution in [0.4, 0.5) is 17.3 Å². The standard InChI is InChI=1S/C10H15.C8H12.2CO.BF4.Fe/c1-6-7(2)9(4)10(5)8(6)3;1-2-8-6-4-3-5-7-8;2*1-2;2-1(3,4)5;/h1-5H3;2-4,8H,1,5-7H2;;;;/q;;;;-1;. The molecular weight excluding hydrogens is 415 g/mol. The van der Waals surface area contributed by atoms with Gasteiger partial charge < -0.3 is 17.3 Å². The van der Waals surface area contributed by atoms with Gasteiger partial charge in [-0.1, -0.05) is 52.8 Å². The molecule has 1 atom stereocenters. The molecule has 0 bridgehead atoms. The molecule has 2 nitrogen and oxygen atoms in total. The number of allylic oxidation sites excluding steroid dienone is 3. The van der Waals surface area contributed by atoms with E-state index < -0.39 is 7.25 Å². The third kappa shape index (κ3) is 17.4. The molecule has 0 aromatic carbocycles. The predicted molar refractivity (Wildman–Crippen MR) is 99.3 cm³/mol. The molecule has 2 rings (SSSR count). The van der Waals surface area contributed by atoms with Crippen LogP contribution >= 0.6 is 0 Å². The molecule has 0 saturated heterocycles. The van der Waals surface area contributed by atoms with Crippen LogP contribution in [0.5, 0.6) is 0 Å². The van der Waals surface area contributed by atoms with Crippen molar-refractivity contribution in [3.05, 3.63) is 67.7 Å². The second-order valence-corrected chi connectivity index (χ2v) is 5.90. The van der Waals surface area contributed by atoms with Gasteiger partial charge in [-0.3, -0.25) is 0 Å². The Hall–Kier alpha value is -0.736. The van der Waals surface area contributed by atoms with E-state index in [1.165, 1.54) is 48.9 Å². The zero-order chi connectivity index (χ0) is 22.2. The SMILES string of the molecule is C=CC1CC=CCC1.C[C]1[C](C)[C](C)[C](C)[C]1C.F[B-](F)(F)F.[C-]#[O+].[C-]#[O+].[Fe]. The Bertz CT molecular complexity index is 396. The minimum atomic E-state index is -6.00. The zero-order valence-corrected chi connectivity index (χ0v) is 18.0. The van der Waals surface area contributed by atoms with Crippen molar-refractivity contribution in [1.82, 2.24) is 0 Å². The Morgan fingerprint density at radius 1 is 0.857 bits per heavy atom. The van der Waals surface area contributed by atoms with Crippen LogP contribution in [-0.4, -0.2) is 7.25 Å². The van der Waals surface area contributed by atoms with Crippen LogP contribution in [0.1, 0.15) is 53.9 Å². The van der Waals surface area contributed by atoms with Crippen molar-refractivity contribution in [2.45, 2.75) is 53.9 Å². The van der Waals surface area contributed by atoms with Crippen LogP contribution in [0.2, 0.25) is 0 Å². The zero-order valence-electron chi connectivity index (χ0n) is 16.9. The van der Waals surface area contributed by atoms with Gasteiger partial charge in [0, 0.05) is 17.1 Å². The Morgan fingerprint density at radius 3 is 1.29 bits per heavy atom. The molecule has 2 aliphatic carbocycles. The van der Waals surface area contributed by atoms with Crippen LogP contribution in [0.15, 0.2) is 24.8 Å². The molecule has 0 spiro atoms. The van der Waals surface area contributed by atoms with Crippen molar-refractivity contribution in [2.24, 2.45) is 5.92 Å². The van der Waals surface area contributed by atoms with Gasteiger partial charge in [-0.2, -0.15) is 0 Å². The van der Waals surface area contributed by atoms with E-state index in [4.69, 9.17) is 9.30 Å². The van der Waals surface area contributed by atoms with E-state index in [0.29, 0.717) is 0 Å². The molecular formula is C20H27BF4FeO2-. The summed E-state index contributed by atoms with van der Waals surface area (Å²) in [6.45, 7) is 23.7. The molecule has 1 saturated carbocycles. The normalized spacial score (nSPS) is 20.4. The molecule has 0 heterocycles. The summed E-state index contributed by atoms with van der Waals surface area (Å²) in [7, 11) is -6.00. The van der Waals surface area contributed by atoms with Crippen LogP contribution in [0.3, 0.4) is 0 Å². The summed E-state index contributed by atoms with van der Waals surface area (Å²) in [5, 5.41) is 0. The number of rotatable bonds is 1. The van der Waals surface area contributed by atoms with Gasteiger partial charge >= 0.3 is 29.9 Å². The molecule has 0 aromatic rings. The van der Waals surface area contributed by atoms with Crippen LogP contribution in [-0.2, 0) is 26.4 Å². The van der Waals surface area contributed by atoms with Gasteiger partial charge in [0.15, 0.2) is 0 Å². The molecule has 5 radical (unpaired) electrons. The largest absolute Gasteiger partial charge is 0 e. The Balaban J connectivity index is -0.000000145.